The summed E-state index contributed by atoms with van der Waals surface area (Å²) in [5.41, 5.74) is 4.05. The maximum Gasteiger partial charge on any atom is 0.270 e. The van der Waals surface area contributed by atoms with E-state index in [1.165, 1.54) is 17.3 Å². The van der Waals surface area contributed by atoms with Gasteiger partial charge in [-0.1, -0.05) is 67.3 Å². The minimum Gasteiger partial charge on any atom is -0.493 e. The van der Waals surface area contributed by atoms with Gasteiger partial charge in [0.05, 0.1) is 17.2 Å². The van der Waals surface area contributed by atoms with E-state index in [9.17, 15) is 4.79 Å². The van der Waals surface area contributed by atoms with Gasteiger partial charge in [0.1, 0.15) is 5.75 Å². The van der Waals surface area contributed by atoms with Gasteiger partial charge in [-0.25, -0.2) is 0 Å². The highest BCUT2D eigenvalue weighted by Crippen LogP contribution is 2.39. The van der Waals surface area contributed by atoms with Crippen LogP contribution in [0, 0.1) is 13.8 Å². The van der Waals surface area contributed by atoms with E-state index in [1.807, 2.05) is 49.4 Å². The van der Waals surface area contributed by atoms with Gasteiger partial charge < -0.3 is 4.74 Å². The Balaban J connectivity index is 1.78. The molecule has 0 bridgehead atoms. The van der Waals surface area contributed by atoms with Gasteiger partial charge in [-0.05, 0) is 66.4 Å². The van der Waals surface area contributed by atoms with Crippen LogP contribution in [0.5, 0.6) is 5.75 Å². The number of hydrogen-bond donors (Lipinski definition) is 0. The molecule has 1 fully saturated rings. The molecule has 1 saturated heterocycles. The molecule has 0 saturated carbocycles. The molecule has 3 nitrogen and oxygen atoms in total. The lowest BCUT2D eigenvalue weighted by atomic mass is 10.0. The van der Waals surface area contributed by atoms with E-state index < -0.39 is 0 Å². The van der Waals surface area contributed by atoms with E-state index in [0.717, 1.165) is 39.8 Å². The van der Waals surface area contributed by atoms with Crippen LogP contribution in [0.4, 0.5) is 5.69 Å². The molecule has 1 aliphatic heterocycles. The number of thiocarbonyl (C=S) groups is 1. The highest BCUT2D eigenvalue weighted by Gasteiger charge is 2.33. The Hall–Kier alpha value is -2.63. The first kappa shape index (κ1) is 20.6. The van der Waals surface area contributed by atoms with E-state index in [1.54, 1.807) is 4.90 Å². The molecule has 0 radical (unpaired) electrons. The summed E-state index contributed by atoms with van der Waals surface area (Å²) >= 11 is 6.90. The minimum absolute atomic E-state index is 0.0948. The van der Waals surface area contributed by atoms with Crippen molar-refractivity contribution in [2.75, 3.05) is 11.5 Å². The fraction of sp³-hybridized carbons (Fsp3) is 0.200. The molecule has 0 aromatic heterocycles. The lowest BCUT2D eigenvalue weighted by Crippen LogP contribution is -2.27. The van der Waals surface area contributed by atoms with Gasteiger partial charge in [0.15, 0.2) is 4.32 Å². The van der Waals surface area contributed by atoms with Crippen LogP contribution in [-0.4, -0.2) is 16.8 Å². The largest absolute Gasteiger partial charge is 0.493 e. The van der Waals surface area contributed by atoms with Gasteiger partial charge in [-0.15, -0.1) is 0 Å². The van der Waals surface area contributed by atoms with E-state index in [-0.39, 0.29) is 5.91 Å². The molecule has 0 spiro atoms. The van der Waals surface area contributed by atoms with Crippen LogP contribution in [0.15, 0.2) is 59.5 Å². The van der Waals surface area contributed by atoms with Gasteiger partial charge in [0.25, 0.3) is 5.91 Å². The summed E-state index contributed by atoms with van der Waals surface area (Å²) < 4.78 is 6.54. The zero-order chi connectivity index (χ0) is 21.3. The molecule has 152 valence electrons. The molecule has 3 aromatic rings. The topological polar surface area (TPSA) is 29.5 Å². The highest BCUT2D eigenvalue weighted by molar-refractivity contribution is 8.27. The second kappa shape index (κ2) is 8.62. The van der Waals surface area contributed by atoms with Gasteiger partial charge in [0.2, 0.25) is 0 Å². The molecule has 0 N–H and O–H groups in total. The Morgan fingerprint density at radius 3 is 2.63 bits per heavy atom. The summed E-state index contributed by atoms with van der Waals surface area (Å²) in [5.74, 6) is 0.689. The third-order valence-corrected chi connectivity index (χ3v) is 6.51. The number of benzene rings is 3. The number of nitrogens with zero attached hydrogens (tertiary/aromatic N) is 1. The molecule has 1 amide bonds. The third-order valence-electron chi connectivity index (χ3n) is 5.21. The van der Waals surface area contributed by atoms with E-state index in [2.05, 4.69) is 32.0 Å². The fourth-order valence-electron chi connectivity index (χ4n) is 3.45. The second-order valence-electron chi connectivity index (χ2n) is 7.33. The van der Waals surface area contributed by atoms with Crippen molar-refractivity contribution in [1.82, 2.24) is 0 Å². The number of rotatable bonds is 5. The maximum atomic E-state index is 13.3. The average molecular weight is 434 g/mol. The molecule has 1 heterocycles. The lowest BCUT2D eigenvalue weighted by molar-refractivity contribution is -0.113. The first-order valence-electron chi connectivity index (χ1n) is 9.99. The minimum atomic E-state index is -0.0948. The number of anilines is 1. The molecular weight excluding hydrogens is 410 g/mol. The summed E-state index contributed by atoms with van der Waals surface area (Å²) in [6.07, 6.45) is 2.84. The van der Waals surface area contributed by atoms with E-state index >= 15 is 0 Å². The number of fused-ring (bicyclic) bond motifs is 1. The van der Waals surface area contributed by atoms with Crippen molar-refractivity contribution in [3.63, 3.8) is 0 Å². The van der Waals surface area contributed by atoms with Crippen LogP contribution < -0.4 is 9.64 Å². The van der Waals surface area contributed by atoms with Crippen molar-refractivity contribution in [2.45, 2.75) is 27.2 Å². The molecule has 0 unspecified atom stereocenters. The van der Waals surface area contributed by atoms with Crippen molar-refractivity contribution in [1.29, 1.82) is 0 Å². The smallest absolute Gasteiger partial charge is 0.270 e. The first-order valence-corrected chi connectivity index (χ1v) is 11.2. The second-order valence-corrected chi connectivity index (χ2v) is 9.01. The summed E-state index contributed by atoms with van der Waals surface area (Å²) in [6, 6.07) is 18.2. The zero-order valence-electron chi connectivity index (χ0n) is 17.3. The molecule has 5 heteroatoms. The quantitative estimate of drug-likeness (QED) is 0.333. The van der Waals surface area contributed by atoms with E-state index in [4.69, 9.17) is 17.0 Å². The Kier molecular flexibility index (Phi) is 5.93. The number of thioether (sulfide) groups is 1. The Morgan fingerprint density at radius 2 is 1.87 bits per heavy atom. The number of ether oxygens (including phenoxy) is 1. The summed E-state index contributed by atoms with van der Waals surface area (Å²) in [4.78, 5) is 15.5. The van der Waals surface area contributed by atoms with Crippen molar-refractivity contribution in [3.05, 3.63) is 76.2 Å². The van der Waals surface area contributed by atoms with Crippen molar-refractivity contribution in [2.24, 2.45) is 0 Å². The Labute approximate surface area is 186 Å². The average Bonchev–Trinajstić information content (AvgIpc) is 3.02. The Morgan fingerprint density at radius 1 is 1.07 bits per heavy atom. The van der Waals surface area contributed by atoms with Gasteiger partial charge in [0, 0.05) is 5.56 Å². The summed E-state index contributed by atoms with van der Waals surface area (Å²) in [7, 11) is 0. The standard InChI is InChI=1S/C25H23NO2S2/c1-4-13-28-22-12-10-18-7-5-6-8-20(18)21(22)15-23-24(27)26(25(29)30-23)19-11-9-16(2)17(3)14-19/h5-12,14-15H,4,13H2,1-3H3. The number of aryl methyl sites for hydroxylation is 2. The van der Waals surface area contributed by atoms with Crippen LogP contribution >= 0.6 is 24.0 Å². The molecule has 4 rings (SSSR count). The molecule has 30 heavy (non-hydrogen) atoms. The predicted octanol–water partition coefficient (Wildman–Crippen LogP) is 6.65. The van der Waals surface area contributed by atoms with Crippen LogP contribution in [-0.2, 0) is 4.79 Å². The predicted molar refractivity (Wildman–Crippen MR) is 131 cm³/mol. The first-order chi connectivity index (χ1) is 14.5. The summed E-state index contributed by atoms with van der Waals surface area (Å²) in [5, 5.41) is 2.17. The molecule has 3 aromatic carbocycles. The van der Waals surface area contributed by atoms with Crippen LogP contribution in [0.25, 0.3) is 16.8 Å². The SMILES string of the molecule is CCCOc1ccc2ccccc2c1C=C1SC(=S)N(c2ccc(C)c(C)c2)C1=O. The van der Waals surface area contributed by atoms with Gasteiger partial charge in [-0.3, -0.25) is 9.69 Å². The molecule has 1 aliphatic rings. The zero-order valence-corrected chi connectivity index (χ0v) is 18.9. The van der Waals surface area contributed by atoms with Crippen molar-refractivity contribution in [3.8, 4) is 5.75 Å². The number of carbonyl (C=O) groups is 1. The Bertz CT molecular complexity index is 1180. The highest BCUT2D eigenvalue weighted by atomic mass is 32.2. The normalized spacial score (nSPS) is 15.4. The number of hydrogen-bond acceptors (Lipinski definition) is 4. The number of carbonyl (C=O) groups excluding carboxylic acids is 1. The van der Waals surface area contributed by atoms with E-state index in [0.29, 0.717) is 15.8 Å². The molecular formula is C25H23NO2S2. The van der Waals surface area contributed by atoms with Crippen LogP contribution in [0.3, 0.4) is 0 Å². The fourth-order valence-corrected chi connectivity index (χ4v) is 4.73. The van der Waals surface area contributed by atoms with Gasteiger partial charge >= 0.3 is 0 Å². The maximum absolute atomic E-state index is 13.3. The van der Waals surface area contributed by atoms with Crippen molar-refractivity contribution < 1.29 is 9.53 Å². The lowest BCUT2D eigenvalue weighted by Gasteiger charge is -2.16. The summed E-state index contributed by atoms with van der Waals surface area (Å²) in [6.45, 7) is 6.81. The van der Waals surface area contributed by atoms with Gasteiger partial charge in [-0.2, -0.15) is 0 Å². The molecule has 0 atom stereocenters. The molecule has 0 aliphatic carbocycles. The van der Waals surface area contributed by atoms with Crippen LogP contribution in [0.2, 0.25) is 0 Å². The number of amides is 1. The monoisotopic (exact) mass is 433 g/mol. The third kappa shape index (κ3) is 3.87. The van der Waals surface area contributed by atoms with Crippen LogP contribution in [0.1, 0.15) is 30.0 Å². The van der Waals surface area contributed by atoms with Crippen molar-refractivity contribution >= 4 is 56.7 Å².